The average molecular weight is 545 g/mol. The number of hydrogen-bond donors (Lipinski definition) is 1. The second-order valence-electron chi connectivity index (χ2n) is 9.18. The van der Waals surface area contributed by atoms with Crippen LogP contribution in [0.25, 0.3) is 0 Å². The van der Waals surface area contributed by atoms with Crippen LogP contribution in [0.5, 0.6) is 11.5 Å². The minimum atomic E-state index is -2.75. The van der Waals surface area contributed by atoms with E-state index in [1.165, 1.54) is 13.1 Å². The summed E-state index contributed by atoms with van der Waals surface area (Å²) in [7, 11) is 5.02. The minimum Gasteiger partial charge on any atom is -0.497 e. The molecule has 0 fully saturated rings. The Morgan fingerprint density at radius 3 is 2.66 bits per heavy atom. The number of nitrogens with one attached hydrogen (secondary N) is 1. The number of fused-ring (bicyclic) bond motifs is 1. The van der Waals surface area contributed by atoms with Crippen molar-refractivity contribution in [2.24, 2.45) is 5.92 Å². The number of halogens is 2. The Hall–Kier alpha value is -3.60. The lowest BCUT2D eigenvalue weighted by atomic mass is 9.81. The van der Waals surface area contributed by atoms with Crippen LogP contribution in [0.1, 0.15) is 52.2 Å². The standard InChI is InChI=1S/C27H30F2N4O4S/c1-15(34)31-27-32-20-7-5-6-19(24(35)25(20)38-27)23(26(28)29)16-9-11-22(30-13-16)33(2)14-17-8-10-18(36-3)12-21(17)37-4/h8-13,19,23,26H,5-7,14H2,1-4H3,(H,31,32,34). The molecular formula is C27H30F2N4O4S. The number of Topliss-reactive ketones (excluding diaryl/α,β-unsaturated/α-hetero) is 1. The lowest BCUT2D eigenvalue weighted by Crippen LogP contribution is -2.27. The maximum Gasteiger partial charge on any atom is 0.246 e. The molecule has 2 atom stereocenters. The van der Waals surface area contributed by atoms with Gasteiger partial charge in [0.25, 0.3) is 0 Å². The van der Waals surface area contributed by atoms with Crippen molar-refractivity contribution in [1.82, 2.24) is 9.97 Å². The quantitative estimate of drug-likeness (QED) is 0.364. The monoisotopic (exact) mass is 544 g/mol. The Morgan fingerprint density at radius 2 is 2.03 bits per heavy atom. The highest BCUT2D eigenvalue weighted by molar-refractivity contribution is 7.17. The van der Waals surface area contributed by atoms with E-state index in [2.05, 4.69) is 15.3 Å². The molecule has 0 saturated heterocycles. The fraction of sp³-hybridized carbons (Fsp3) is 0.407. The van der Waals surface area contributed by atoms with Gasteiger partial charge < -0.3 is 19.7 Å². The molecule has 1 aliphatic rings. The number of benzene rings is 1. The molecule has 202 valence electrons. The van der Waals surface area contributed by atoms with E-state index in [9.17, 15) is 18.4 Å². The predicted molar refractivity (Wildman–Crippen MR) is 142 cm³/mol. The number of hydrogen-bond acceptors (Lipinski definition) is 8. The van der Waals surface area contributed by atoms with E-state index in [4.69, 9.17) is 9.47 Å². The number of ketones is 1. The molecule has 3 aromatic rings. The summed E-state index contributed by atoms with van der Waals surface area (Å²) in [6.45, 7) is 1.83. The molecule has 0 aliphatic heterocycles. The van der Waals surface area contributed by atoms with E-state index in [0.29, 0.717) is 64.4 Å². The highest BCUT2D eigenvalue weighted by Crippen LogP contribution is 2.41. The number of nitrogens with zero attached hydrogens (tertiary/aromatic N) is 3. The fourth-order valence-electron chi connectivity index (χ4n) is 4.74. The van der Waals surface area contributed by atoms with Crippen LogP contribution < -0.4 is 19.7 Å². The number of rotatable bonds is 9. The van der Waals surface area contributed by atoms with Gasteiger partial charge in [-0.15, -0.1) is 0 Å². The van der Waals surface area contributed by atoms with Gasteiger partial charge in [0.15, 0.2) is 10.9 Å². The highest BCUT2D eigenvalue weighted by Gasteiger charge is 2.39. The Balaban J connectivity index is 1.55. The van der Waals surface area contributed by atoms with Crippen LogP contribution in [-0.2, 0) is 17.8 Å². The molecule has 0 saturated carbocycles. The summed E-state index contributed by atoms with van der Waals surface area (Å²) in [4.78, 5) is 35.8. The highest BCUT2D eigenvalue weighted by atomic mass is 32.1. The smallest absolute Gasteiger partial charge is 0.246 e. The van der Waals surface area contributed by atoms with Gasteiger partial charge in [-0.05, 0) is 43.0 Å². The molecule has 4 rings (SSSR count). The van der Waals surface area contributed by atoms with Gasteiger partial charge >= 0.3 is 0 Å². The van der Waals surface area contributed by atoms with Gasteiger partial charge in [0.2, 0.25) is 12.3 Å². The Labute approximate surface area is 224 Å². The first-order chi connectivity index (χ1) is 18.2. The van der Waals surface area contributed by atoms with Crippen LogP contribution in [0.15, 0.2) is 36.5 Å². The minimum absolute atomic E-state index is 0.301. The molecule has 8 nitrogen and oxygen atoms in total. The van der Waals surface area contributed by atoms with Gasteiger partial charge in [0.05, 0.1) is 30.7 Å². The van der Waals surface area contributed by atoms with Crippen LogP contribution in [-0.4, -0.2) is 49.4 Å². The van der Waals surface area contributed by atoms with Gasteiger partial charge in [-0.2, -0.15) is 0 Å². The molecule has 2 heterocycles. The second kappa shape index (κ2) is 11.8. The number of carbonyl (C=O) groups is 2. The van der Waals surface area contributed by atoms with Crippen molar-refractivity contribution in [3.05, 3.63) is 58.2 Å². The Kier molecular flexibility index (Phi) is 8.55. The van der Waals surface area contributed by atoms with E-state index in [-0.39, 0.29) is 11.7 Å². The fourth-order valence-corrected chi connectivity index (χ4v) is 5.80. The molecule has 0 spiro atoms. The Bertz CT molecular complexity index is 1300. The molecule has 2 unspecified atom stereocenters. The van der Waals surface area contributed by atoms with Crippen molar-refractivity contribution in [1.29, 1.82) is 0 Å². The van der Waals surface area contributed by atoms with Crippen LogP contribution in [0, 0.1) is 5.92 Å². The van der Waals surface area contributed by atoms with Crippen LogP contribution in [0.2, 0.25) is 0 Å². The van der Waals surface area contributed by atoms with Gasteiger partial charge in [-0.25, -0.2) is 18.7 Å². The molecule has 0 bridgehead atoms. The van der Waals surface area contributed by atoms with Crippen LogP contribution in [0.4, 0.5) is 19.7 Å². The number of pyridine rings is 1. The first-order valence-electron chi connectivity index (χ1n) is 12.2. The number of amides is 1. The van der Waals surface area contributed by atoms with Gasteiger partial charge in [0.1, 0.15) is 17.3 Å². The van der Waals surface area contributed by atoms with Crippen molar-refractivity contribution in [3.63, 3.8) is 0 Å². The molecule has 0 radical (unpaired) electrons. The number of methoxy groups -OCH3 is 2. The summed E-state index contributed by atoms with van der Waals surface area (Å²) < 4.78 is 39.6. The molecular weight excluding hydrogens is 514 g/mol. The number of carbonyl (C=O) groups excluding carboxylic acids is 2. The van der Waals surface area contributed by atoms with E-state index in [0.717, 1.165) is 16.9 Å². The predicted octanol–water partition coefficient (Wildman–Crippen LogP) is 5.33. The molecule has 1 amide bonds. The third kappa shape index (κ3) is 5.93. The summed E-state index contributed by atoms with van der Waals surface area (Å²) in [5.74, 6) is -0.921. The van der Waals surface area contributed by atoms with Crippen molar-refractivity contribution in [3.8, 4) is 11.5 Å². The largest absolute Gasteiger partial charge is 0.497 e. The summed E-state index contributed by atoms with van der Waals surface area (Å²) in [5.41, 5.74) is 1.78. The summed E-state index contributed by atoms with van der Waals surface area (Å²) in [6.07, 6.45) is 0.0595. The van der Waals surface area contributed by atoms with Crippen molar-refractivity contribution in [2.75, 3.05) is 31.5 Å². The SMILES string of the molecule is COc1ccc(CN(C)c2ccc(C(C(F)F)C3CCCc4nc(NC(C)=O)sc4C3=O)cn2)c(OC)c1. The first kappa shape index (κ1) is 27.4. The molecule has 2 aromatic heterocycles. The van der Waals surface area contributed by atoms with Crippen molar-refractivity contribution >= 4 is 34.0 Å². The number of aromatic nitrogens is 2. The van der Waals surface area contributed by atoms with E-state index >= 15 is 0 Å². The zero-order chi connectivity index (χ0) is 27.4. The van der Waals surface area contributed by atoms with E-state index in [1.807, 2.05) is 24.1 Å². The lowest BCUT2D eigenvalue weighted by Gasteiger charge is -2.25. The van der Waals surface area contributed by atoms with Crippen LogP contribution in [0.3, 0.4) is 0 Å². The third-order valence-corrected chi connectivity index (χ3v) is 7.65. The molecule has 1 N–H and O–H groups in total. The molecule has 1 aliphatic carbocycles. The lowest BCUT2D eigenvalue weighted by molar-refractivity contribution is -0.114. The molecule has 11 heteroatoms. The second-order valence-corrected chi connectivity index (χ2v) is 10.2. The topological polar surface area (TPSA) is 93.7 Å². The number of anilines is 2. The summed E-state index contributed by atoms with van der Waals surface area (Å²) >= 11 is 1.05. The number of thiazole rings is 1. The first-order valence-corrected chi connectivity index (χ1v) is 13.0. The number of alkyl halides is 2. The Morgan fingerprint density at radius 1 is 1.24 bits per heavy atom. The average Bonchev–Trinajstić information content (AvgIpc) is 3.23. The van der Waals surface area contributed by atoms with Crippen molar-refractivity contribution in [2.45, 2.75) is 45.1 Å². The molecule has 1 aromatic carbocycles. The van der Waals surface area contributed by atoms with Gasteiger partial charge in [0, 0.05) is 44.3 Å². The number of ether oxygens (including phenoxy) is 2. The maximum absolute atomic E-state index is 14.4. The normalized spacial score (nSPS) is 16.0. The van der Waals surface area contributed by atoms with Crippen LogP contribution >= 0.6 is 11.3 Å². The number of aryl methyl sites for hydroxylation is 1. The van der Waals surface area contributed by atoms with E-state index < -0.39 is 18.3 Å². The van der Waals surface area contributed by atoms with Gasteiger partial charge in [-0.3, -0.25) is 9.59 Å². The molecule has 38 heavy (non-hydrogen) atoms. The zero-order valence-electron chi connectivity index (χ0n) is 21.7. The van der Waals surface area contributed by atoms with Crippen molar-refractivity contribution < 1.29 is 27.8 Å². The summed E-state index contributed by atoms with van der Waals surface area (Å²) in [6, 6.07) is 8.85. The summed E-state index contributed by atoms with van der Waals surface area (Å²) in [5, 5.41) is 2.90. The zero-order valence-corrected chi connectivity index (χ0v) is 22.5. The van der Waals surface area contributed by atoms with E-state index in [1.54, 1.807) is 32.4 Å². The van der Waals surface area contributed by atoms with Gasteiger partial charge in [-0.1, -0.05) is 17.4 Å². The third-order valence-electron chi connectivity index (χ3n) is 6.62. The maximum atomic E-state index is 14.4.